The summed E-state index contributed by atoms with van der Waals surface area (Å²) in [4.78, 5) is 0. The lowest BCUT2D eigenvalue weighted by atomic mass is 10.1. The summed E-state index contributed by atoms with van der Waals surface area (Å²) in [5.41, 5.74) is 2.43. The van der Waals surface area contributed by atoms with E-state index in [1.165, 1.54) is 16.3 Å². The van der Waals surface area contributed by atoms with Crippen molar-refractivity contribution >= 4 is 32.4 Å². The smallest absolute Gasteiger partial charge is 0.0400 e. The molecule has 2 heteroatoms. The van der Waals surface area contributed by atoms with Gasteiger partial charge >= 0.3 is 0 Å². The van der Waals surface area contributed by atoms with Gasteiger partial charge in [-0.25, -0.2) is 0 Å². The van der Waals surface area contributed by atoms with E-state index in [0.717, 1.165) is 16.7 Å². The molecule has 3 aromatic rings. The van der Waals surface area contributed by atoms with Crippen LogP contribution in [0.25, 0.3) is 10.8 Å². The van der Waals surface area contributed by atoms with E-state index in [1.54, 1.807) is 0 Å². The molecule has 0 spiro atoms. The van der Waals surface area contributed by atoms with E-state index < -0.39 is 0 Å². The number of hydrogen-bond donors (Lipinski definition) is 1. The Hall–Kier alpha value is -1.80. The van der Waals surface area contributed by atoms with Crippen LogP contribution < -0.4 is 5.32 Å². The number of fused-ring (bicyclic) bond motifs is 1. The van der Waals surface area contributed by atoms with Crippen LogP contribution in [0.1, 0.15) is 5.56 Å². The Kier molecular flexibility index (Phi) is 3.51. The molecular weight excluding hydrogens is 298 g/mol. The molecule has 3 rings (SSSR count). The Balaban J connectivity index is 1.76. The molecule has 0 aromatic heterocycles. The number of anilines is 1. The van der Waals surface area contributed by atoms with Crippen LogP contribution in [0.3, 0.4) is 0 Å². The molecule has 0 saturated carbocycles. The zero-order chi connectivity index (χ0) is 13.1. The topological polar surface area (TPSA) is 12.0 Å². The maximum absolute atomic E-state index is 3.46. The summed E-state index contributed by atoms with van der Waals surface area (Å²) in [5.74, 6) is 0. The molecule has 0 amide bonds. The maximum Gasteiger partial charge on any atom is 0.0400 e. The highest BCUT2D eigenvalue weighted by Gasteiger charge is 1.97. The second-order valence-electron chi connectivity index (χ2n) is 4.54. The van der Waals surface area contributed by atoms with E-state index in [0.29, 0.717) is 0 Å². The molecule has 0 unspecified atom stereocenters. The summed E-state index contributed by atoms with van der Waals surface area (Å²) in [6.45, 7) is 0.839. The third kappa shape index (κ3) is 2.96. The van der Waals surface area contributed by atoms with Crippen molar-refractivity contribution < 1.29 is 0 Å². The van der Waals surface area contributed by atoms with Crippen LogP contribution in [0, 0.1) is 0 Å². The van der Waals surface area contributed by atoms with Gasteiger partial charge in [-0.3, -0.25) is 0 Å². The average Bonchev–Trinajstić information content (AvgIpc) is 2.46. The summed E-state index contributed by atoms with van der Waals surface area (Å²) in [6, 6.07) is 23.3. The minimum Gasteiger partial charge on any atom is -0.381 e. The first-order valence-corrected chi connectivity index (χ1v) is 7.08. The van der Waals surface area contributed by atoms with Gasteiger partial charge in [0.2, 0.25) is 0 Å². The quantitative estimate of drug-likeness (QED) is 0.699. The molecule has 0 aliphatic rings. The summed E-state index contributed by atoms with van der Waals surface area (Å²) < 4.78 is 1.11. The largest absolute Gasteiger partial charge is 0.381 e. The van der Waals surface area contributed by atoms with E-state index in [1.807, 2.05) is 0 Å². The van der Waals surface area contributed by atoms with Gasteiger partial charge in [-0.05, 0) is 40.6 Å². The minimum atomic E-state index is 0.839. The minimum absolute atomic E-state index is 0.839. The van der Waals surface area contributed by atoms with Crippen LogP contribution >= 0.6 is 15.9 Å². The summed E-state index contributed by atoms with van der Waals surface area (Å²) in [5, 5.41) is 6.00. The van der Waals surface area contributed by atoms with Gasteiger partial charge in [0.25, 0.3) is 0 Å². The van der Waals surface area contributed by atoms with E-state index >= 15 is 0 Å². The van der Waals surface area contributed by atoms with Crippen molar-refractivity contribution in [2.75, 3.05) is 5.32 Å². The van der Waals surface area contributed by atoms with Crippen molar-refractivity contribution in [3.8, 4) is 0 Å². The number of benzene rings is 3. The van der Waals surface area contributed by atoms with Crippen molar-refractivity contribution in [2.24, 2.45) is 0 Å². The molecule has 19 heavy (non-hydrogen) atoms. The first kappa shape index (κ1) is 12.2. The fourth-order valence-electron chi connectivity index (χ4n) is 2.11. The van der Waals surface area contributed by atoms with E-state index in [9.17, 15) is 0 Å². The summed E-state index contributed by atoms with van der Waals surface area (Å²) in [6.07, 6.45) is 0. The Bertz CT molecular complexity index is 689. The fourth-order valence-corrected chi connectivity index (χ4v) is 2.37. The van der Waals surface area contributed by atoms with E-state index in [4.69, 9.17) is 0 Å². The normalized spacial score (nSPS) is 10.6. The molecule has 0 aliphatic heterocycles. The number of rotatable bonds is 3. The lowest BCUT2D eigenvalue weighted by molar-refractivity contribution is 1.15. The number of halogens is 1. The molecule has 0 bridgehead atoms. The Labute approximate surface area is 121 Å². The SMILES string of the molecule is Brc1ccc(CNc2ccc3ccccc3c2)cc1. The zero-order valence-electron chi connectivity index (χ0n) is 10.4. The maximum atomic E-state index is 3.46. The fraction of sp³-hybridized carbons (Fsp3) is 0.0588. The molecule has 0 aliphatic carbocycles. The van der Waals surface area contributed by atoms with Gasteiger partial charge in [0, 0.05) is 16.7 Å². The molecule has 1 N–H and O–H groups in total. The van der Waals surface area contributed by atoms with Crippen LogP contribution in [0.15, 0.2) is 71.2 Å². The second-order valence-corrected chi connectivity index (χ2v) is 5.46. The summed E-state index contributed by atoms with van der Waals surface area (Å²) >= 11 is 3.45. The number of nitrogens with one attached hydrogen (secondary N) is 1. The van der Waals surface area contributed by atoms with Gasteiger partial charge in [-0.15, -0.1) is 0 Å². The van der Waals surface area contributed by atoms with E-state index in [-0.39, 0.29) is 0 Å². The van der Waals surface area contributed by atoms with E-state index in [2.05, 4.69) is 88.0 Å². The van der Waals surface area contributed by atoms with Crippen LogP contribution in [0.4, 0.5) is 5.69 Å². The highest BCUT2D eigenvalue weighted by molar-refractivity contribution is 9.10. The van der Waals surface area contributed by atoms with Gasteiger partial charge in [-0.2, -0.15) is 0 Å². The van der Waals surface area contributed by atoms with Crippen molar-refractivity contribution in [1.29, 1.82) is 0 Å². The lowest BCUT2D eigenvalue weighted by Crippen LogP contribution is -1.98. The van der Waals surface area contributed by atoms with Gasteiger partial charge in [-0.1, -0.05) is 58.4 Å². The molecule has 94 valence electrons. The standard InChI is InChI=1S/C17H14BrN/c18-16-8-5-13(6-9-16)12-19-17-10-7-14-3-1-2-4-15(14)11-17/h1-11,19H,12H2. The molecule has 0 fully saturated rings. The predicted molar refractivity (Wildman–Crippen MR) is 85.4 cm³/mol. The molecule has 0 radical (unpaired) electrons. The summed E-state index contributed by atoms with van der Waals surface area (Å²) in [7, 11) is 0. The van der Waals surface area contributed by atoms with Crippen molar-refractivity contribution in [3.05, 3.63) is 76.8 Å². The third-order valence-corrected chi connectivity index (χ3v) is 3.69. The predicted octanol–water partition coefficient (Wildman–Crippen LogP) is 5.21. The Morgan fingerprint density at radius 2 is 1.53 bits per heavy atom. The van der Waals surface area contributed by atoms with Crippen molar-refractivity contribution in [2.45, 2.75) is 6.54 Å². The third-order valence-electron chi connectivity index (χ3n) is 3.16. The van der Waals surface area contributed by atoms with Gasteiger partial charge in [0.15, 0.2) is 0 Å². The molecule has 1 nitrogen and oxygen atoms in total. The number of hydrogen-bond acceptors (Lipinski definition) is 1. The lowest BCUT2D eigenvalue weighted by Gasteiger charge is -2.08. The van der Waals surface area contributed by atoms with Gasteiger partial charge in [0.1, 0.15) is 0 Å². The van der Waals surface area contributed by atoms with Crippen molar-refractivity contribution in [1.82, 2.24) is 0 Å². The molecule has 0 heterocycles. The van der Waals surface area contributed by atoms with Crippen molar-refractivity contribution in [3.63, 3.8) is 0 Å². The van der Waals surface area contributed by atoms with Crippen LogP contribution in [-0.2, 0) is 6.54 Å². The van der Waals surface area contributed by atoms with Crippen LogP contribution in [0.2, 0.25) is 0 Å². The highest BCUT2D eigenvalue weighted by atomic mass is 79.9. The second kappa shape index (κ2) is 5.45. The first-order valence-electron chi connectivity index (χ1n) is 6.28. The molecule has 3 aromatic carbocycles. The van der Waals surface area contributed by atoms with Gasteiger partial charge < -0.3 is 5.32 Å². The Morgan fingerprint density at radius 1 is 0.789 bits per heavy atom. The monoisotopic (exact) mass is 311 g/mol. The molecule has 0 atom stereocenters. The van der Waals surface area contributed by atoms with Crippen LogP contribution in [-0.4, -0.2) is 0 Å². The van der Waals surface area contributed by atoms with Gasteiger partial charge in [0.05, 0.1) is 0 Å². The zero-order valence-corrected chi connectivity index (χ0v) is 12.0. The molecular formula is C17H14BrN. The van der Waals surface area contributed by atoms with Crippen LogP contribution in [0.5, 0.6) is 0 Å². The Morgan fingerprint density at radius 3 is 2.32 bits per heavy atom. The highest BCUT2D eigenvalue weighted by Crippen LogP contribution is 2.19. The molecule has 0 saturated heterocycles. The average molecular weight is 312 g/mol. The first-order chi connectivity index (χ1) is 9.31.